The van der Waals surface area contributed by atoms with Crippen LogP contribution in [0.2, 0.25) is 0 Å². The molecule has 3 unspecified atom stereocenters. The summed E-state index contributed by atoms with van der Waals surface area (Å²) in [5.74, 6) is -1.98. The van der Waals surface area contributed by atoms with Gasteiger partial charge in [-0.3, -0.25) is 9.59 Å². The molecular weight excluding hydrogens is 250 g/mol. The zero-order valence-electron chi connectivity index (χ0n) is 11.6. The molecule has 0 N–H and O–H groups in total. The SMILES string of the molecule is CC1C2C(=O)OC(=O)C2CCN1C(=O)OC(C)(C)C. The van der Waals surface area contributed by atoms with Crippen LogP contribution in [0.5, 0.6) is 0 Å². The number of hydrogen-bond donors (Lipinski definition) is 0. The predicted molar refractivity (Wildman–Crippen MR) is 65.1 cm³/mol. The van der Waals surface area contributed by atoms with Crippen LogP contribution < -0.4 is 0 Å². The van der Waals surface area contributed by atoms with Gasteiger partial charge in [0, 0.05) is 12.6 Å². The molecule has 0 aromatic heterocycles. The first kappa shape index (κ1) is 13.8. The number of rotatable bonds is 0. The Hall–Kier alpha value is -1.59. The molecule has 2 heterocycles. The standard InChI is InChI=1S/C13H19NO5/c1-7-9-8(10(15)18-11(9)16)5-6-14(7)12(17)19-13(2,3)4/h7-9H,5-6H2,1-4H3. The normalized spacial score (nSPS) is 30.9. The van der Waals surface area contributed by atoms with Crippen LogP contribution in [-0.4, -0.2) is 41.1 Å². The monoisotopic (exact) mass is 269 g/mol. The van der Waals surface area contributed by atoms with E-state index in [-0.39, 0.29) is 6.04 Å². The molecule has 0 spiro atoms. The van der Waals surface area contributed by atoms with Gasteiger partial charge in [-0.05, 0) is 34.1 Å². The molecule has 0 aromatic rings. The van der Waals surface area contributed by atoms with Gasteiger partial charge in [-0.2, -0.15) is 0 Å². The van der Waals surface area contributed by atoms with Crippen LogP contribution in [0.4, 0.5) is 4.79 Å². The number of fused-ring (bicyclic) bond motifs is 1. The Morgan fingerprint density at radius 2 is 1.95 bits per heavy atom. The second-order valence-corrected chi connectivity index (χ2v) is 6.08. The molecule has 2 saturated heterocycles. The minimum absolute atomic E-state index is 0.382. The van der Waals surface area contributed by atoms with Crippen molar-refractivity contribution in [1.82, 2.24) is 4.90 Å². The van der Waals surface area contributed by atoms with Gasteiger partial charge in [0.2, 0.25) is 0 Å². The van der Waals surface area contributed by atoms with E-state index in [9.17, 15) is 14.4 Å². The topological polar surface area (TPSA) is 72.9 Å². The lowest BCUT2D eigenvalue weighted by Crippen LogP contribution is -2.52. The summed E-state index contributed by atoms with van der Waals surface area (Å²) in [6.45, 7) is 7.52. The smallest absolute Gasteiger partial charge is 0.410 e. The summed E-state index contributed by atoms with van der Waals surface area (Å²) in [5.41, 5.74) is -0.584. The maximum Gasteiger partial charge on any atom is 0.410 e. The van der Waals surface area contributed by atoms with Crippen molar-refractivity contribution in [1.29, 1.82) is 0 Å². The van der Waals surface area contributed by atoms with Gasteiger partial charge in [-0.25, -0.2) is 4.79 Å². The Kier molecular flexibility index (Phi) is 3.28. The molecule has 2 aliphatic rings. The van der Waals surface area contributed by atoms with Crippen LogP contribution in [0.1, 0.15) is 34.1 Å². The quantitative estimate of drug-likeness (QED) is 0.490. The fourth-order valence-corrected chi connectivity index (χ4v) is 2.64. The van der Waals surface area contributed by atoms with Crippen molar-refractivity contribution in [3.05, 3.63) is 0 Å². The molecule has 106 valence electrons. The van der Waals surface area contributed by atoms with E-state index in [2.05, 4.69) is 4.74 Å². The van der Waals surface area contributed by atoms with Gasteiger partial charge in [0.15, 0.2) is 0 Å². The first-order chi connectivity index (χ1) is 8.70. The van der Waals surface area contributed by atoms with E-state index < -0.39 is 35.5 Å². The third-order valence-electron chi connectivity index (χ3n) is 3.53. The van der Waals surface area contributed by atoms with Gasteiger partial charge in [-0.1, -0.05) is 0 Å². The molecule has 0 saturated carbocycles. The lowest BCUT2D eigenvalue weighted by molar-refractivity contribution is -0.153. The number of ether oxygens (including phenoxy) is 2. The molecule has 2 fully saturated rings. The summed E-state index contributed by atoms with van der Waals surface area (Å²) >= 11 is 0. The van der Waals surface area contributed by atoms with Crippen molar-refractivity contribution in [3.8, 4) is 0 Å². The van der Waals surface area contributed by atoms with E-state index in [1.807, 2.05) is 0 Å². The number of likely N-dealkylation sites (tertiary alicyclic amines) is 1. The molecule has 0 aromatic carbocycles. The highest BCUT2D eigenvalue weighted by Crippen LogP contribution is 2.36. The Morgan fingerprint density at radius 3 is 2.53 bits per heavy atom. The number of carbonyl (C=O) groups excluding carboxylic acids is 3. The van der Waals surface area contributed by atoms with E-state index in [0.717, 1.165) is 0 Å². The molecule has 1 amide bonds. The number of piperidine rings is 1. The minimum Gasteiger partial charge on any atom is -0.444 e. The minimum atomic E-state index is -0.584. The first-order valence-electron chi connectivity index (χ1n) is 6.46. The molecule has 0 aliphatic carbocycles. The van der Waals surface area contributed by atoms with E-state index in [1.165, 1.54) is 4.90 Å². The van der Waals surface area contributed by atoms with Crippen molar-refractivity contribution in [2.45, 2.75) is 45.8 Å². The van der Waals surface area contributed by atoms with Crippen molar-refractivity contribution in [3.63, 3.8) is 0 Å². The summed E-state index contributed by atoms with van der Waals surface area (Å²) in [7, 11) is 0. The van der Waals surface area contributed by atoms with E-state index in [0.29, 0.717) is 13.0 Å². The summed E-state index contributed by atoms with van der Waals surface area (Å²) < 4.78 is 9.96. The van der Waals surface area contributed by atoms with E-state index in [4.69, 9.17) is 4.74 Å². The highest BCUT2D eigenvalue weighted by atomic mass is 16.6. The van der Waals surface area contributed by atoms with Crippen LogP contribution in [-0.2, 0) is 19.1 Å². The Labute approximate surface area is 112 Å². The number of hydrogen-bond acceptors (Lipinski definition) is 5. The van der Waals surface area contributed by atoms with Crippen LogP contribution in [0.25, 0.3) is 0 Å². The summed E-state index contributed by atoms with van der Waals surface area (Å²) in [6, 6.07) is -0.382. The van der Waals surface area contributed by atoms with Crippen LogP contribution in [0.3, 0.4) is 0 Å². The predicted octanol–water partition coefficient (Wildman–Crippen LogP) is 1.33. The van der Waals surface area contributed by atoms with Crippen molar-refractivity contribution < 1.29 is 23.9 Å². The number of cyclic esters (lactones) is 2. The zero-order valence-corrected chi connectivity index (χ0v) is 11.6. The van der Waals surface area contributed by atoms with E-state index in [1.54, 1.807) is 27.7 Å². The van der Waals surface area contributed by atoms with Crippen LogP contribution >= 0.6 is 0 Å². The molecule has 2 rings (SSSR count). The molecule has 2 aliphatic heterocycles. The second kappa shape index (κ2) is 4.51. The number of esters is 2. The van der Waals surface area contributed by atoms with Gasteiger partial charge in [-0.15, -0.1) is 0 Å². The van der Waals surface area contributed by atoms with Gasteiger partial charge in [0.05, 0.1) is 11.8 Å². The van der Waals surface area contributed by atoms with Gasteiger partial charge in [0.25, 0.3) is 0 Å². The average Bonchev–Trinajstić information content (AvgIpc) is 2.52. The maximum absolute atomic E-state index is 12.1. The lowest BCUT2D eigenvalue weighted by atomic mass is 9.82. The Morgan fingerprint density at radius 1 is 1.32 bits per heavy atom. The van der Waals surface area contributed by atoms with Crippen molar-refractivity contribution >= 4 is 18.0 Å². The molecule has 6 nitrogen and oxygen atoms in total. The van der Waals surface area contributed by atoms with Crippen molar-refractivity contribution in [2.75, 3.05) is 6.54 Å². The lowest BCUT2D eigenvalue weighted by Gasteiger charge is -2.38. The zero-order chi connectivity index (χ0) is 14.4. The average molecular weight is 269 g/mol. The highest BCUT2D eigenvalue weighted by Gasteiger charge is 2.52. The van der Waals surface area contributed by atoms with Gasteiger partial charge in [0.1, 0.15) is 5.60 Å². The van der Waals surface area contributed by atoms with E-state index >= 15 is 0 Å². The van der Waals surface area contributed by atoms with Crippen LogP contribution in [0.15, 0.2) is 0 Å². The Balaban J connectivity index is 2.12. The maximum atomic E-state index is 12.1. The van der Waals surface area contributed by atoms with Crippen LogP contribution in [0, 0.1) is 11.8 Å². The summed E-state index contributed by atoms with van der Waals surface area (Å²) in [5, 5.41) is 0. The Bertz CT molecular complexity index is 425. The third-order valence-corrected chi connectivity index (χ3v) is 3.53. The van der Waals surface area contributed by atoms with Gasteiger partial charge < -0.3 is 14.4 Å². The molecule has 3 atom stereocenters. The first-order valence-corrected chi connectivity index (χ1v) is 6.46. The number of carbonyl (C=O) groups is 3. The molecule has 19 heavy (non-hydrogen) atoms. The summed E-state index contributed by atoms with van der Waals surface area (Å²) in [6.07, 6.45) is -0.00987. The van der Waals surface area contributed by atoms with Gasteiger partial charge >= 0.3 is 18.0 Å². The largest absolute Gasteiger partial charge is 0.444 e. The third kappa shape index (κ3) is 2.57. The molecule has 0 bridgehead atoms. The molecular formula is C13H19NO5. The van der Waals surface area contributed by atoms with Crippen molar-refractivity contribution in [2.24, 2.45) is 11.8 Å². The molecule has 0 radical (unpaired) electrons. The highest BCUT2D eigenvalue weighted by molar-refractivity contribution is 5.97. The summed E-state index contributed by atoms with van der Waals surface area (Å²) in [4.78, 5) is 36.7. The fourth-order valence-electron chi connectivity index (χ4n) is 2.64. The number of nitrogens with zero attached hydrogens (tertiary/aromatic N) is 1. The fraction of sp³-hybridized carbons (Fsp3) is 0.769. The molecule has 6 heteroatoms. The number of amides is 1. The second-order valence-electron chi connectivity index (χ2n) is 6.08.